The normalized spacial score (nSPS) is 13.7. The van der Waals surface area contributed by atoms with E-state index < -0.39 is 6.09 Å². The second-order valence-corrected chi connectivity index (χ2v) is 6.25. The van der Waals surface area contributed by atoms with E-state index in [4.69, 9.17) is 18.9 Å². The molecule has 7 nitrogen and oxygen atoms in total. The van der Waals surface area contributed by atoms with E-state index >= 15 is 0 Å². The molecule has 0 fully saturated rings. The number of allylic oxidation sites excluding steroid dienone is 1. The van der Waals surface area contributed by atoms with E-state index in [-0.39, 0.29) is 11.5 Å². The van der Waals surface area contributed by atoms with Gasteiger partial charge in [-0.3, -0.25) is 4.79 Å². The first-order valence-electron chi connectivity index (χ1n) is 9.27. The first-order chi connectivity index (χ1) is 14.0. The molecule has 0 N–H and O–H groups in total. The minimum absolute atomic E-state index is 0.180. The third-order valence-electron chi connectivity index (χ3n) is 4.57. The summed E-state index contributed by atoms with van der Waals surface area (Å²) in [6.45, 7) is 4.85. The van der Waals surface area contributed by atoms with Crippen molar-refractivity contribution in [3.05, 3.63) is 53.3 Å². The molecule has 7 heteroatoms. The highest BCUT2D eigenvalue weighted by molar-refractivity contribution is 6.14. The molecule has 2 aromatic rings. The molecule has 0 saturated carbocycles. The van der Waals surface area contributed by atoms with Crippen molar-refractivity contribution in [1.29, 1.82) is 0 Å². The molecule has 1 aliphatic heterocycles. The van der Waals surface area contributed by atoms with Crippen LogP contribution in [0.15, 0.2) is 42.2 Å². The summed E-state index contributed by atoms with van der Waals surface area (Å²) in [5.41, 5.74) is 1.14. The van der Waals surface area contributed by atoms with Gasteiger partial charge in [-0.15, -0.1) is 0 Å². The maximum Gasteiger partial charge on any atom is 0.415 e. The minimum atomic E-state index is -0.444. The van der Waals surface area contributed by atoms with Gasteiger partial charge in [0.25, 0.3) is 0 Å². The third kappa shape index (κ3) is 4.18. The first-order valence-corrected chi connectivity index (χ1v) is 9.27. The van der Waals surface area contributed by atoms with Crippen LogP contribution in [0.4, 0.5) is 4.79 Å². The van der Waals surface area contributed by atoms with E-state index in [0.717, 1.165) is 5.56 Å². The van der Waals surface area contributed by atoms with Crippen LogP contribution in [0.1, 0.15) is 29.8 Å². The van der Waals surface area contributed by atoms with Crippen LogP contribution in [0.5, 0.6) is 23.0 Å². The summed E-state index contributed by atoms with van der Waals surface area (Å²) in [5, 5.41) is 0. The van der Waals surface area contributed by atoms with Gasteiger partial charge in [-0.05, 0) is 49.8 Å². The standard InChI is InChI=1S/C22H23NO6/c1-5-23(6-2)22(25)28-15-8-9-16-18(13-15)29-20(21(16)24)12-14-7-10-17(26-3)19(11-14)27-4/h7-13H,5-6H2,1-4H3/b20-12-. The quantitative estimate of drug-likeness (QED) is 0.682. The SMILES string of the molecule is CCN(CC)C(=O)Oc1ccc2c(c1)O/C(=C\c1ccc(OC)c(OC)c1)C2=O. The zero-order chi connectivity index (χ0) is 21.0. The molecule has 0 aliphatic carbocycles. The fraction of sp³-hybridized carbons (Fsp3) is 0.273. The van der Waals surface area contributed by atoms with Crippen molar-refractivity contribution in [3.8, 4) is 23.0 Å². The number of carbonyl (C=O) groups is 2. The number of fused-ring (bicyclic) bond motifs is 1. The van der Waals surface area contributed by atoms with Crippen LogP contribution in [0, 0.1) is 0 Å². The van der Waals surface area contributed by atoms with E-state index in [2.05, 4.69) is 0 Å². The fourth-order valence-electron chi connectivity index (χ4n) is 2.97. The van der Waals surface area contributed by atoms with E-state index in [1.807, 2.05) is 13.8 Å². The third-order valence-corrected chi connectivity index (χ3v) is 4.57. The number of rotatable bonds is 6. The molecule has 29 heavy (non-hydrogen) atoms. The number of hydrogen-bond donors (Lipinski definition) is 0. The molecule has 0 radical (unpaired) electrons. The average molecular weight is 397 g/mol. The second-order valence-electron chi connectivity index (χ2n) is 6.25. The Morgan fingerprint density at radius 3 is 2.41 bits per heavy atom. The summed E-state index contributed by atoms with van der Waals surface area (Å²) in [6.07, 6.45) is 1.19. The van der Waals surface area contributed by atoms with Crippen LogP contribution >= 0.6 is 0 Å². The van der Waals surface area contributed by atoms with E-state index in [9.17, 15) is 9.59 Å². The summed E-state index contributed by atoms with van der Waals surface area (Å²) in [4.78, 5) is 26.3. The maximum absolute atomic E-state index is 12.6. The molecule has 0 spiro atoms. The van der Waals surface area contributed by atoms with Crippen molar-refractivity contribution >= 4 is 18.0 Å². The molecule has 0 saturated heterocycles. The highest BCUT2D eigenvalue weighted by atomic mass is 16.6. The van der Waals surface area contributed by atoms with Crippen molar-refractivity contribution in [2.24, 2.45) is 0 Å². The van der Waals surface area contributed by atoms with Gasteiger partial charge in [0.2, 0.25) is 5.78 Å². The lowest BCUT2D eigenvalue weighted by molar-refractivity contribution is 0.101. The van der Waals surface area contributed by atoms with Crippen molar-refractivity contribution in [2.75, 3.05) is 27.3 Å². The molecule has 1 aliphatic rings. The van der Waals surface area contributed by atoms with E-state index in [0.29, 0.717) is 41.7 Å². The monoisotopic (exact) mass is 397 g/mol. The first kappa shape index (κ1) is 20.3. The molecule has 1 heterocycles. The summed E-state index contributed by atoms with van der Waals surface area (Å²) in [6, 6.07) is 10.0. The second kappa shape index (κ2) is 8.68. The molecular formula is C22H23NO6. The number of methoxy groups -OCH3 is 2. The summed E-state index contributed by atoms with van der Waals surface area (Å²) < 4.78 is 21.6. The number of amides is 1. The number of nitrogens with zero attached hydrogens (tertiary/aromatic N) is 1. The zero-order valence-corrected chi connectivity index (χ0v) is 16.9. The molecule has 1 amide bonds. The van der Waals surface area contributed by atoms with Crippen LogP contribution in [0.2, 0.25) is 0 Å². The Kier molecular flexibility index (Phi) is 6.07. The highest BCUT2D eigenvalue weighted by Crippen LogP contribution is 2.36. The largest absolute Gasteiger partial charge is 0.493 e. The lowest BCUT2D eigenvalue weighted by Crippen LogP contribution is -2.33. The summed E-state index contributed by atoms with van der Waals surface area (Å²) >= 11 is 0. The molecule has 0 aromatic heterocycles. The van der Waals surface area contributed by atoms with Crippen LogP contribution in [0.25, 0.3) is 6.08 Å². The molecule has 3 rings (SSSR count). The number of ether oxygens (including phenoxy) is 4. The van der Waals surface area contributed by atoms with Crippen molar-refractivity contribution in [3.63, 3.8) is 0 Å². The average Bonchev–Trinajstić information content (AvgIpc) is 3.03. The number of benzene rings is 2. The molecule has 2 aromatic carbocycles. The van der Waals surface area contributed by atoms with Crippen LogP contribution in [-0.4, -0.2) is 44.1 Å². The lowest BCUT2D eigenvalue weighted by Gasteiger charge is -2.17. The van der Waals surface area contributed by atoms with Gasteiger partial charge in [-0.25, -0.2) is 4.79 Å². The van der Waals surface area contributed by atoms with Crippen molar-refractivity contribution in [2.45, 2.75) is 13.8 Å². The fourth-order valence-corrected chi connectivity index (χ4v) is 2.97. The molecule has 0 unspecified atom stereocenters. The number of Topliss-reactive ketones (excluding diaryl/α,β-unsaturated/α-hetero) is 1. The van der Waals surface area contributed by atoms with E-state index in [1.165, 1.54) is 0 Å². The molecular weight excluding hydrogens is 374 g/mol. The Morgan fingerprint density at radius 1 is 1.03 bits per heavy atom. The van der Waals surface area contributed by atoms with Gasteiger partial charge in [-0.2, -0.15) is 0 Å². The Bertz CT molecular complexity index is 962. The Labute approximate surface area is 169 Å². The van der Waals surface area contributed by atoms with Gasteiger partial charge >= 0.3 is 6.09 Å². The summed E-state index contributed by atoms with van der Waals surface area (Å²) in [5.74, 6) is 1.76. The van der Waals surface area contributed by atoms with Gasteiger partial charge in [0.15, 0.2) is 17.3 Å². The van der Waals surface area contributed by atoms with Gasteiger partial charge in [0.05, 0.1) is 19.8 Å². The Hall–Kier alpha value is -3.48. The van der Waals surface area contributed by atoms with Gasteiger partial charge in [0.1, 0.15) is 11.5 Å². The zero-order valence-electron chi connectivity index (χ0n) is 16.9. The Balaban J connectivity index is 1.82. The molecule has 152 valence electrons. The lowest BCUT2D eigenvalue weighted by atomic mass is 10.1. The van der Waals surface area contributed by atoms with Gasteiger partial charge in [-0.1, -0.05) is 6.07 Å². The molecule has 0 atom stereocenters. The van der Waals surface area contributed by atoms with Crippen LogP contribution in [-0.2, 0) is 0 Å². The minimum Gasteiger partial charge on any atom is -0.493 e. The predicted octanol–water partition coefficient (Wildman–Crippen LogP) is 4.16. The smallest absolute Gasteiger partial charge is 0.415 e. The van der Waals surface area contributed by atoms with E-state index in [1.54, 1.807) is 61.6 Å². The van der Waals surface area contributed by atoms with Crippen LogP contribution < -0.4 is 18.9 Å². The number of carbonyl (C=O) groups excluding carboxylic acids is 2. The molecule has 0 bridgehead atoms. The van der Waals surface area contributed by atoms with Crippen molar-refractivity contribution < 1.29 is 28.5 Å². The topological polar surface area (TPSA) is 74.3 Å². The number of ketones is 1. The Morgan fingerprint density at radius 2 is 1.76 bits per heavy atom. The number of hydrogen-bond acceptors (Lipinski definition) is 6. The van der Waals surface area contributed by atoms with Gasteiger partial charge < -0.3 is 23.8 Å². The maximum atomic E-state index is 12.6. The highest BCUT2D eigenvalue weighted by Gasteiger charge is 2.28. The van der Waals surface area contributed by atoms with Crippen LogP contribution in [0.3, 0.4) is 0 Å². The predicted molar refractivity (Wildman–Crippen MR) is 108 cm³/mol. The van der Waals surface area contributed by atoms with Gasteiger partial charge in [0, 0.05) is 19.2 Å². The van der Waals surface area contributed by atoms with Crippen molar-refractivity contribution in [1.82, 2.24) is 4.90 Å². The summed E-state index contributed by atoms with van der Waals surface area (Å²) in [7, 11) is 3.10.